The summed E-state index contributed by atoms with van der Waals surface area (Å²) in [6.45, 7) is 6.73. The molecule has 0 aliphatic carbocycles. The van der Waals surface area contributed by atoms with Gasteiger partial charge in [-0.05, 0) is 46.0 Å². The molecule has 2 aliphatic rings. The number of amides is 1. The van der Waals surface area contributed by atoms with Gasteiger partial charge in [-0.25, -0.2) is 0 Å². The lowest BCUT2D eigenvalue weighted by molar-refractivity contribution is -0.277. The summed E-state index contributed by atoms with van der Waals surface area (Å²) in [5.41, 5.74) is 6.61. The number of nitrogens with one attached hydrogen (secondary N) is 1. The van der Waals surface area contributed by atoms with Crippen LogP contribution in [0.2, 0.25) is 0 Å². The number of morpholine rings is 1. The first-order chi connectivity index (χ1) is 21.6. The Morgan fingerprint density at radius 2 is 1.68 bits per heavy atom. The van der Waals surface area contributed by atoms with E-state index in [1.165, 1.54) is 0 Å². The fourth-order valence-corrected chi connectivity index (χ4v) is 5.84. The van der Waals surface area contributed by atoms with Gasteiger partial charge in [0, 0.05) is 50.1 Å². The van der Waals surface area contributed by atoms with Crippen molar-refractivity contribution >= 4 is 5.91 Å². The van der Waals surface area contributed by atoms with Crippen LogP contribution in [0.3, 0.4) is 0 Å². The molecule has 0 saturated carbocycles. The second kappa shape index (κ2) is 14.2. The second-order valence-corrected chi connectivity index (χ2v) is 11.5. The van der Waals surface area contributed by atoms with Crippen LogP contribution in [0, 0.1) is 5.92 Å². The van der Waals surface area contributed by atoms with Gasteiger partial charge in [0.05, 0.1) is 37.6 Å². The molecule has 6 rings (SSSR count). The van der Waals surface area contributed by atoms with Gasteiger partial charge in [0.15, 0.2) is 6.29 Å². The second-order valence-electron chi connectivity index (χ2n) is 11.5. The van der Waals surface area contributed by atoms with Crippen molar-refractivity contribution in [2.75, 3.05) is 32.8 Å². The van der Waals surface area contributed by atoms with E-state index < -0.39 is 6.29 Å². The molecule has 3 heterocycles. The van der Waals surface area contributed by atoms with Crippen LogP contribution in [0.15, 0.2) is 97.3 Å². The van der Waals surface area contributed by atoms with Crippen LogP contribution >= 0.6 is 0 Å². The molecule has 2 aliphatic heterocycles. The van der Waals surface area contributed by atoms with Gasteiger partial charge in [0.1, 0.15) is 0 Å². The van der Waals surface area contributed by atoms with Gasteiger partial charge in [-0.2, -0.15) is 0 Å². The highest BCUT2D eigenvalue weighted by molar-refractivity contribution is 5.93. The summed E-state index contributed by atoms with van der Waals surface area (Å²) >= 11 is 0. The van der Waals surface area contributed by atoms with Gasteiger partial charge in [0.2, 0.25) is 0 Å². The molecule has 0 radical (unpaired) electrons. The van der Waals surface area contributed by atoms with E-state index in [1.54, 1.807) is 24.5 Å². The normalized spacial score (nSPS) is 22.4. The fraction of sp³-hybridized carbons (Fsp3) is 0.333. The van der Waals surface area contributed by atoms with Crippen LogP contribution in [-0.2, 0) is 27.4 Å². The first-order valence-electron chi connectivity index (χ1n) is 15.3. The summed E-state index contributed by atoms with van der Waals surface area (Å²) in [5.74, 6) is -0.0149. The van der Waals surface area contributed by atoms with Crippen molar-refractivity contribution in [3.63, 3.8) is 0 Å². The zero-order chi connectivity index (χ0) is 30.3. The molecule has 8 heteroatoms. The number of benzene rings is 3. The summed E-state index contributed by atoms with van der Waals surface area (Å²) in [4.78, 5) is 18.9. The third kappa shape index (κ3) is 7.23. The van der Waals surface area contributed by atoms with Crippen molar-refractivity contribution in [2.24, 2.45) is 5.92 Å². The van der Waals surface area contributed by atoms with Gasteiger partial charge >= 0.3 is 0 Å². The van der Waals surface area contributed by atoms with Gasteiger partial charge < -0.3 is 24.6 Å². The average Bonchev–Trinajstić information content (AvgIpc) is 3.09. The Kier molecular flexibility index (Phi) is 9.75. The Morgan fingerprint density at radius 3 is 2.41 bits per heavy atom. The van der Waals surface area contributed by atoms with Crippen molar-refractivity contribution in [1.82, 2.24) is 15.2 Å². The molecule has 0 unspecified atom stereocenters. The minimum absolute atomic E-state index is 0.0159. The Morgan fingerprint density at radius 1 is 0.909 bits per heavy atom. The highest BCUT2D eigenvalue weighted by atomic mass is 16.7. The van der Waals surface area contributed by atoms with Crippen molar-refractivity contribution < 1.29 is 24.1 Å². The summed E-state index contributed by atoms with van der Waals surface area (Å²) < 4.78 is 18.9. The molecular weight excluding hydrogens is 554 g/mol. The maximum Gasteiger partial charge on any atom is 0.253 e. The van der Waals surface area contributed by atoms with Gasteiger partial charge in [-0.3, -0.25) is 14.7 Å². The highest BCUT2D eigenvalue weighted by Gasteiger charge is 2.39. The largest absolute Gasteiger partial charge is 0.392 e. The van der Waals surface area contributed by atoms with Gasteiger partial charge in [-0.1, -0.05) is 73.7 Å². The van der Waals surface area contributed by atoms with Crippen molar-refractivity contribution in [3.8, 4) is 11.1 Å². The molecule has 44 heavy (non-hydrogen) atoms. The van der Waals surface area contributed by atoms with E-state index >= 15 is 0 Å². The number of hydrogen-bond donors (Lipinski definition) is 2. The van der Waals surface area contributed by atoms with Gasteiger partial charge in [0.25, 0.3) is 5.91 Å². The summed E-state index contributed by atoms with van der Waals surface area (Å²) in [5, 5.41) is 12.5. The number of ether oxygens (including phenoxy) is 3. The average molecular weight is 594 g/mol. The van der Waals surface area contributed by atoms with E-state index in [4.69, 9.17) is 14.2 Å². The Bertz CT molecular complexity index is 1510. The number of aliphatic hydroxyl groups is 1. The van der Waals surface area contributed by atoms with Crippen LogP contribution in [-0.4, -0.2) is 59.8 Å². The maximum absolute atomic E-state index is 12.5. The van der Waals surface area contributed by atoms with Crippen molar-refractivity contribution in [1.29, 1.82) is 0 Å². The maximum atomic E-state index is 12.5. The molecule has 0 spiro atoms. The third-order valence-electron chi connectivity index (χ3n) is 8.49. The topological polar surface area (TPSA) is 93.2 Å². The van der Waals surface area contributed by atoms with Crippen molar-refractivity contribution in [2.45, 2.75) is 38.6 Å². The monoisotopic (exact) mass is 593 g/mol. The van der Waals surface area contributed by atoms with Crippen molar-refractivity contribution in [3.05, 3.63) is 125 Å². The van der Waals surface area contributed by atoms with Crippen LogP contribution in [0.4, 0.5) is 0 Å². The van der Waals surface area contributed by atoms with E-state index in [-0.39, 0.29) is 30.6 Å². The van der Waals surface area contributed by atoms with Crippen LogP contribution < -0.4 is 5.32 Å². The quantitative estimate of drug-likeness (QED) is 0.272. The molecule has 2 N–H and O–H groups in total. The Labute approximate surface area is 258 Å². The lowest BCUT2D eigenvalue weighted by atomic mass is 9.90. The predicted molar refractivity (Wildman–Crippen MR) is 168 cm³/mol. The number of pyridine rings is 1. The zero-order valence-corrected chi connectivity index (χ0v) is 25.0. The molecule has 228 valence electrons. The summed E-state index contributed by atoms with van der Waals surface area (Å²) in [7, 11) is 0. The van der Waals surface area contributed by atoms with Crippen LogP contribution in [0.1, 0.15) is 51.9 Å². The number of carbonyl (C=O) groups excluding carboxylic acids is 1. The highest BCUT2D eigenvalue weighted by Crippen LogP contribution is 2.42. The van der Waals surface area contributed by atoms with E-state index in [0.717, 1.165) is 66.2 Å². The minimum Gasteiger partial charge on any atom is -0.392 e. The van der Waals surface area contributed by atoms with Crippen LogP contribution in [0.5, 0.6) is 0 Å². The molecule has 1 amide bonds. The number of hydrogen-bond acceptors (Lipinski definition) is 7. The third-order valence-corrected chi connectivity index (χ3v) is 8.49. The molecular formula is C36H39N3O5. The van der Waals surface area contributed by atoms with E-state index in [2.05, 4.69) is 70.7 Å². The smallest absolute Gasteiger partial charge is 0.253 e. The number of rotatable bonds is 9. The standard InChI is InChI=1S/C36H39N3O5/c1-25-33(23-39-16-18-42-19-17-39)43-36(44-34(25)29-9-7-26(24-40)8-10-29)30-13-11-28(12-14-30)31-5-2-4-27(20-31)21-38-35(41)32-6-3-15-37-22-32/h2-15,20,22,25,33-34,36,40H,16-19,21,23-24H2,1H3,(H,38,41)/t25-,33+,34+,36+/m0/s1. The summed E-state index contributed by atoms with van der Waals surface area (Å²) in [6.07, 6.45) is 2.53. The lowest BCUT2D eigenvalue weighted by Gasteiger charge is -2.43. The molecule has 2 fully saturated rings. The molecule has 3 aromatic carbocycles. The summed E-state index contributed by atoms with van der Waals surface area (Å²) in [6, 6.07) is 28.0. The first kappa shape index (κ1) is 30.1. The Balaban J connectivity index is 1.17. The van der Waals surface area contributed by atoms with E-state index in [9.17, 15) is 9.90 Å². The molecule has 1 aromatic heterocycles. The fourth-order valence-electron chi connectivity index (χ4n) is 5.84. The number of aliphatic hydroxyl groups excluding tert-OH is 1. The minimum atomic E-state index is -0.511. The molecule has 4 atom stereocenters. The van der Waals surface area contributed by atoms with Gasteiger partial charge in [-0.15, -0.1) is 0 Å². The molecule has 0 bridgehead atoms. The van der Waals surface area contributed by atoms with Crippen LogP contribution in [0.25, 0.3) is 11.1 Å². The lowest BCUT2D eigenvalue weighted by Crippen LogP contribution is -2.47. The SMILES string of the molecule is C[C@H]1[C@@H](CN2CCOCC2)O[C@@H](c2ccc(-c3cccc(CNC(=O)c4cccnc4)c3)cc2)O[C@H]1c1ccc(CO)cc1. The number of aromatic nitrogens is 1. The first-order valence-corrected chi connectivity index (χ1v) is 15.3. The Hall–Kier alpha value is -3.92. The molecule has 8 nitrogen and oxygen atoms in total. The van der Waals surface area contributed by atoms with E-state index in [1.807, 2.05) is 24.3 Å². The molecule has 2 saturated heterocycles. The number of carbonyl (C=O) groups is 1. The van der Waals surface area contributed by atoms with E-state index in [0.29, 0.717) is 12.1 Å². The predicted octanol–water partition coefficient (Wildman–Crippen LogP) is 5.29. The molecule has 4 aromatic rings. The number of nitrogens with zero attached hydrogens (tertiary/aromatic N) is 2. The zero-order valence-electron chi connectivity index (χ0n) is 25.0.